The summed E-state index contributed by atoms with van der Waals surface area (Å²) in [7, 11) is 0. The van der Waals surface area contributed by atoms with Crippen LogP contribution in [0.25, 0.3) is 0 Å². The van der Waals surface area contributed by atoms with Gasteiger partial charge in [-0.3, -0.25) is 9.59 Å². The summed E-state index contributed by atoms with van der Waals surface area (Å²) in [6.45, 7) is 9.62. The third-order valence-corrected chi connectivity index (χ3v) is 6.70. The monoisotopic (exact) mass is 479 g/mol. The number of carbonyl (C=O) groups excluding carboxylic acids is 2. The number of unbranched alkanes of at least 4 members (excludes halogenated alkanes) is 1. The normalized spacial score (nSPS) is 13.7. The summed E-state index contributed by atoms with van der Waals surface area (Å²) in [5.41, 5.74) is 4.83. The van der Waals surface area contributed by atoms with Gasteiger partial charge in [-0.25, -0.2) is 0 Å². The standard InChI is InChI=1S/C29H41N3O3/c1-4-7-11-22(5-2)28(33)31-25-14-15-27(26(20-25)29(34)30-17-10-19-35-6-3)32-18-16-23-12-8-9-13-24(23)21-32/h8-9,12-15,20,22H,4-7,10-11,16-19,21H2,1-3H3,(H,30,34)(H,31,33). The van der Waals surface area contributed by atoms with Crippen LogP contribution in [0.1, 0.15) is 74.4 Å². The van der Waals surface area contributed by atoms with Gasteiger partial charge >= 0.3 is 0 Å². The van der Waals surface area contributed by atoms with Crippen molar-refractivity contribution in [1.82, 2.24) is 5.32 Å². The molecule has 3 rings (SSSR count). The van der Waals surface area contributed by atoms with Crippen LogP contribution in [0.15, 0.2) is 42.5 Å². The minimum atomic E-state index is -0.121. The first kappa shape index (κ1) is 26.7. The SMILES string of the molecule is CCCCC(CC)C(=O)Nc1ccc(N2CCc3ccccc3C2)c(C(=O)NCCCOCC)c1. The van der Waals surface area contributed by atoms with Gasteiger partial charge in [0.15, 0.2) is 0 Å². The number of ether oxygens (including phenoxy) is 1. The van der Waals surface area contributed by atoms with Crippen molar-refractivity contribution in [2.75, 3.05) is 36.5 Å². The van der Waals surface area contributed by atoms with Crippen molar-refractivity contribution in [3.63, 3.8) is 0 Å². The van der Waals surface area contributed by atoms with E-state index in [4.69, 9.17) is 4.74 Å². The quantitative estimate of drug-likeness (QED) is 0.369. The molecule has 2 N–H and O–H groups in total. The first-order valence-corrected chi connectivity index (χ1v) is 13.2. The minimum absolute atomic E-state index is 0.0101. The second kappa shape index (κ2) is 13.9. The maximum absolute atomic E-state index is 13.3. The van der Waals surface area contributed by atoms with Gasteiger partial charge in [0.05, 0.1) is 5.56 Å². The summed E-state index contributed by atoms with van der Waals surface area (Å²) < 4.78 is 5.39. The van der Waals surface area contributed by atoms with E-state index >= 15 is 0 Å². The van der Waals surface area contributed by atoms with Gasteiger partial charge in [-0.2, -0.15) is 0 Å². The Morgan fingerprint density at radius 2 is 1.86 bits per heavy atom. The number of benzene rings is 2. The van der Waals surface area contributed by atoms with E-state index in [0.717, 1.165) is 57.3 Å². The smallest absolute Gasteiger partial charge is 0.253 e. The molecule has 0 radical (unpaired) electrons. The van der Waals surface area contributed by atoms with Crippen LogP contribution in [-0.4, -0.2) is 38.1 Å². The number of amides is 2. The first-order valence-electron chi connectivity index (χ1n) is 13.2. The van der Waals surface area contributed by atoms with E-state index in [9.17, 15) is 9.59 Å². The number of anilines is 2. The van der Waals surface area contributed by atoms with Gasteiger partial charge < -0.3 is 20.3 Å². The summed E-state index contributed by atoms with van der Waals surface area (Å²) in [6, 6.07) is 14.2. The largest absolute Gasteiger partial charge is 0.382 e. The molecule has 1 aliphatic rings. The predicted molar refractivity (Wildman–Crippen MR) is 143 cm³/mol. The molecule has 2 aromatic carbocycles. The molecule has 6 nitrogen and oxygen atoms in total. The molecule has 35 heavy (non-hydrogen) atoms. The Kier molecular flexibility index (Phi) is 10.6. The minimum Gasteiger partial charge on any atom is -0.382 e. The molecule has 1 aliphatic heterocycles. The molecule has 0 aromatic heterocycles. The summed E-state index contributed by atoms with van der Waals surface area (Å²) in [4.78, 5) is 28.4. The van der Waals surface area contributed by atoms with Crippen molar-refractivity contribution in [3.8, 4) is 0 Å². The molecule has 0 saturated carbocycles. The molecule has 1 unspecified atom stereocenters. The molecule has 1 heterocycles. The third kappa shape index (κ3) is 7.56. The van der Waals surface area contributed by atoms with Crippen molar-refractivity contribution < 1.29 is 14.3 Å². The number of fused-ring (bicyclic) bond motifs is 1. The molecule has 2 amide bonds. The highest BCUT2D eigenvalue weighted by atomic mass is 16.5. The Labute approximate surface area is 210 Å². The first-order chi connectivity index (χ1) is 17.1. The number of nitrogens with zero attached hydrogens (tertiary/aromatic N) is 1. The summed E-state index contributed by atoms with van der Waals surface area (Å²) in [5.74, 6) is -0.0998. The van der Waals surface area contributed by atoms with Crippen LogP contribution in [0.2, 0.25) is 0 Å². The summed E-state index contributed by atoms with van der Waals surface area (Å²) >= 11 is 0. The van der Waals surface area contributed by atoms with E-state index in [0.29, 0.717) is 31.0 Å². The lowest BCUT2D eigenvalue weighted by molar-refractivity contribution is -0.120. The highest BCUT2D eigenvalue weighted by Gasteiger charge is 2.23. The maximum atomic E-state index is 13.3. The molecule has 0 saturated heterocycles. The Morgan fingerprint density at radius 1 is 1.06 bits per heavy atom. The van der Waals surface area contributed by atoms with Gasteiger partial charge in [-0.15, -0.1) is 0 Å². The van der Waals surface area contributed by atoms with Gasteiger partial charge in [-0.05, 0) is 61.9 Å². The van der Waals surface area contributed by atoms with E-state index in [-0.39, 0.29) is 17.7 Å². The Hall–Kier alpha value is -2.86. The third-order valence-electron chi connectivity index (χ3n) is 6.70. The zero-order chi connectivity index (χ0) is 25.0. The van der Waals surface area contributed by atoms with Crippen molar-refractivity contribution in [2.24, 2.45) is 5.92 Å². The van der Waals surface area contributed by atoms with E-state index < -0.39 is 0 Å². The maximum Gasteiger partial charge on any atom is 0.253 e. The zero-order valence-corrected chi connectivity index (χ0v) is 21.6. The lowest BCUT2D eigenvalue weighted by Gasteiger charge is -2.32. The van der Waals surface area contributed by atoms with Crippen molar-refractivity contribution in [1.29, 1.82) is 0 Å². The van der Waals surface area contributed by atoms with Crippen LogP contribution in [0.5, 0.6) is 0 Å². The number of hydrogen-bond acceptors (Lipinski definition) is 4. The van der Waals surface area contributed by atoms with Gasteiger partial charge in [0.2, 0.25) is 5.91 Å². The van der Waals surface area contributed by atoms with E-state index in [1.54, 1.807) is 0 Å². The molecule has 190 valence electrons. The van der Waals surface area contributed by atoms with Gasteiger partial charge in [0, 0.05) is 50.1 Å². The molecule has 0 bridgehead atoms. The topological polar surface area (TPSA) is 70.7 Å². The van der Waals surface area contributed by atoms with Gasteiger partial charge in [0.25, 0.3) is 5.91 Å². The van der Waals surface area contributed by atoms with Crippen molar-refractivity contribution >= 4 is 23.2 Å². The van der Waals surface area contributed by atoms with E-state index in [1.165, 1.54) is 11.1 Å². The zero-order valence-electron chi connectivity index (χ0n) is 21.6. The Balaban J connectivity index is 1.80. The molecule has 2 aromatic rings. The molecular formula is C29H41N3O3. The molecule has 0 aliphatic carbocycles. The molecular weight excluding hydrogens is 438 g/mol. The van der Waals surface area contributed by atoms with Crippen LogP contribution in [0.3, 0.4) is 0 Å². The van der Waals surface area contributed by atoms with Gasteiger partial charge in [0.1, 0.15) is 0 Å². The fourth-order valence-corrected chi connectivity index (χ4v) is 4.60. The van der Waals surface area contributed by atoms with Crippen LogP contribution in [-0.2, 0) is 22.5 Å². The van der Waals surface area contributed by atoms with Crippen molar-refractivity contribution in [2.45, 2.75) is 65.8 Å². The lowest BCUT2D eigenvalue weighted by atomic mass is 9.97. The van der Waals surface area contributed by atoms with Crippen LogP contribution >= 0.6 is 0 Å². The van der Waals surface area contributed by atoms with Crippen LogP contribution < -0.4 is 15.5 Å². The average Bonchev–Trinajstić information content (AvgIpc) is 2.88. The van der Waals surface area contributed by atoms with Crippen LogP contribution in [0.4, 0.5) is 11.4 Å². The van der Waals surface area contributed by atoms with E-state index in [2.05, 4.69) is 53.6 Å². The predicted octanol–water partition coefficient (Wildman–Crippen LogP) is 5.56. The summed E-state index contributed by atoms with van der Waals surface area (Å²) in [6.07, 6.45) is 5.51. The Morgan fingerprint density at radius 3 is 2.60 bits per heavy atom. The van der Waals surface area contributed by atoms with Gasteiger partial charge in [-0.1, -0.05) is 51.0 Å². The second-order valence-corrected chi connectivity index (χ2v) is 9.22. The fourth-order valence-electron chi connectivity index (χ4n) is 4.60. The molecule has 0 spiro atoms. The molecule has 6 heteroatoms. The lowest BCUT2D eigenvalue weighted by Crippen LogP contribution is -2.33. The fraction of sp³-hybridized carbons (Fsp3) is 0.517. The average molecular weight is 480 g/mol. The summed E-state index contributed by atoms with van der Waals surface area (Å²) in [5, 5.41) is 6.11. The second-order valence-electron chi connectivity index (χ2n) is 9.22. The Bertz CT molecular complexity index is 975. The number of nitrogens with one attached hydrogen (secondary N) is 2. The molecule has 0 fully saturated rings. The number of rotatable bonds is 13. The number of hydrogen-bond donors (Lipinski definition) is 2. The molecule has 1 atom stereocenters. The number of carbonyl (C=O) groups is 2. The highest BCUT2D eigenvalue weighted by molar-refractivity contribution is 6.02. The highest BCUT2D eigenvalue weighted by Crippen LogP contribution is 2.30. The van der Waals surface area contributed by atoms with Crippen LogP contribution in [0, 0.1) is 5.92 Å². The van der Waals surface area contributed by atoms with E-state index in [1.807, 2.05) is 25.1 Å². The van der Waals surface area contributed by atoms with Crippen molar-refractivity contribution in [3.05, 3.63) is 59.2 Å².